The van der Waals surface area contributed by atoms with Gasteiger partial charge in [-0.3, -0.25) is 19.3 Å². The minimum absolute atomic E-state index is 0.0969. The van der Waals surface area contributed by atoms with E-state index < -0.39 is 0 Å². The number of hydrogen-bond donors (Lipinski definition) is 0. The number of benzene rings is 2. The lowest BCUT2D eigenvalue weighted by Crippen LogP contribution is -2.36. The molecule has 0 N–H and O–H groups in total. The third-order valence-electron chi connectivity index (χ3n) is 5.24. The van der Waals surface area contributed by atoms with Crippen LogP contribution in [-0.4, -0.2) is 53.8 Å². The number of nitrogens with zero attached hydrogens (tertiary/aromatic N) is 2. The predicted octanol–water partition coefficient (Wildman–Crippen LogP) is 2.73. The number of rotatable bonds is 5. The Hall–Kier alpha value is -2.99. The maximum absolute atomic E-state index is 12.8. The fourth-order valence-electron chi connectivity index (χ4n) is 3.73. The predicted molar refractivity (Wildman–Crippen MR) is 103 cm³/mol. The lowest BCUT2D eigenvalue weighted by molar-refractivity contribution is 0.0475. The van der Waals surface area contributed by atoms with Gasteiger partial charge in [-0.1, -0.05) is 30.3 Å². The highest BCUT2D eigenvalue weighted by atomic mass is 16.5. The second kappa shape index (κ2) is 7.56. The molecule has 6 heteroatoms. The van der Waals surface area contributed by atoms with E-state index in [-0.39, 0.29) is 30.4 Å². The second-order valence-corrected chi connectivity index (χ2v) is 7.26. The van der Waals surface area contributed by atoms with E-state index in [4.69, 9.17) is 4.74 Å². The largest absolute Gasteiger partial charge is 0.376 e. The van der Waals surface area contributed by atoms with Crippen molar-refractivity contribution in [2.45, 2.75) is 25.5 Å². The molecule has 2 aliphatic heterocycles. The number of ether oxygens (including phenoxy) is 1. The molecule has 1 fully saturated rings. The van der Waals surface area contributed by atoms with Crippen LogP contribution in [0.15, 0.2) is 48.5 Å². The van der Waals surface area contributed by atoms with E-state index in [9.17, 15) is 14.4 Å². The van der Waals surface area contributed by atoms with Gasteiger partial charge >= 0.3 is 0 Å². The van der Waals surface area contributed by atoms with Gasteiger partial charge in [-0.25, -0.2) is 0 Å². The van der Waals surface area contributed by atoms with Crippen LogP contribution in [0.1, 0.15) is 49.5 Å². The Balaban J connectivity index is 1.51. The molecule has 3 amide bonds. The van der Waals surface area contributed by atoms with Gasteiger partial charge in [0.1, 0.15) is 0 Å². The van der Waals surface area contributed by atoms with Crippen LogP contribution in [0.2, 0.25) is 0 Å². The third-order valence-corrected chi connectivity index (χ3v) is 5.24. The van der Waals surface area contributed by atoms with Crippen molar-refractivity contribution in [3.63, 3.8) is 0 Å². The van der Waals surface area contributed by atoms with E-state index in [1.165, 1.54) is 11.0 Å². The maximum Gasteiger partial charge on any atom is 0.261 e. The van der Waals surface area contributed by atoms with Crippen molar-refractivity contribution in [2.75, 3.05) is 20.2 Å². The van der Waals surface area contributed by atoms with Gasteiger partial charge in [-0.15, -0.1) is 0 Å². The number of amides is 3. The van der Waals surface area contributed by atoms with E-state index in [0.29, 0.717) is 29.8 Å². The van der Waals surface area contributed by atoms with Crippen LogP contribution in [0.4, 0.5) is 0 Å². The molecule has 0 saturated carbocycles. The normalized spacial score (nSPS) is 18.5. The lowest BCUT2D eigenvalue weighted by Gasteiger charge is -2.18. The molecule has 0 spiro atoms. The van der Waals surface area contributed by atoms with Crippen LogP contribution in [0.25, 0.3) is 0 Å². The monoisotopic (exact) mass is 378 g/mol. The van der Waals surface area contributed by atoms with E-state index in [1.54, 1.807) is 24.1 Å². The Kier molecular flexibility index (Phi) is 4.96. The van der Waals surface area contributed by atoms with Gasteiger partial charge in [0.2, 0.25) is 0 Å². The van der Waals surface area contributed by atoms with E-state index in [1.807, 2.05) is 30.3 Å². The molecule has 6 nitrogen and oxygen atoms in total. The minimum atomic E-state index is -0.351. The summed E-state index contributed by atoms with van der Waals surface area (Å²) in [6.45, 7) is 1.40. The van der Waals surface area contributed by atoms with E-state index >= 15 is 0 Å². The summed E-state index contributed by atoms with van der Waals surface area (Å²) in [5.41, 5.74) is 2.07. The zero-order valence-corrected chi connectivity index (χ0v) is 15.8. The first-order valence-electron chi connectivity index (χ1n) is 9.46. The summed E-state index contributed by atoms with van der Waals surface area (Å²) < 4.78 is 5.55. The molecular formula is C22H22N2O4. The molecule has 2 aromatic carbocycles. The standard InChI is InChI=1S/C22H22N2O4/c1-23(13-15-6-3-2-4-7-15)20(25)16-9-10-18-19(12-16)22(27)24(21(18)26)14-17-8-5-11-28-17/h2-4,6-7,9-10,12,17H,5,8,11,13-14H2,1H3. The Morgan fingerprint density at radius 1 is 1.11 bits per heavy atom. The molecule has 0 radical (unpaired) electrons. The van der Waals surface area contributed by atoms with Gasteiger partial charge in [0, 0.05) is 25.8 Å². The quantitative estimate of drug-likeness (QED) is 0.751. The van der Waals surface area contributed by atoms with Gasteiger partial charge in [-0.05, 0) is 36.6 Å². The smallest absolute Gasteiger partial charge is 0.261 e. The van der Waals surface area contributed by atoms with Crippen LogP contribution in [0.5, 0.6) is 0 Å². The molecule has 28 heavy (non-hydrogen) atoms. The van der Waals surface area contributed by atoms with Crippen LogP contribution in [0, 0.1) is 0 Å². The van der Waals surface area contributed by atoms with Crippen LogP contribution in [-0.2, 0) is 11.3 Å². The van der Waals surface area contributed by atoms with Gasteiger partial charge in [0.05, 0.1) is 23.8 Å². The summed E-state index contributed by atoms with van der Waals surface area (Å²) in [7, 11) is 1.72. The van der Waals surface area contributed by atoms with Gasteiger partial charge in [0.15, 0.2) is 0 Å². The molecule has 0 aromatic heterocycles. The third kappa shape index (κ3) is 3.43. The molecule has 1 saturated heterocycles. The average Bonchev–Trinajstić information content (AvgIpc) is 3.31. The SMILES string of the molecule is CN(Cc1ccccc1)C(=O)c1ccc2c(c1)C(=O)N(CC1CCCO1)C2=O. The second-order valence-electron chi connectivity index (χ2n) is 7.26. The Bertz CT molecular complexity index is 919. The number of carbonyl (C=O) groups is 3. The highest BCUT2D eigenvalue weighted by Crippen LogP contribution is 2.26. The zero-order chi connectivity index (χ0) is 19.7. The Labute approximate surface area is 163 Å². The minimum Gasteiger partial charge on any atom is -0.376 e. The van der Waals surface area contributed by atoms with Crippen LogP contribution < -0.4 is 0 Å². The summed E-state index contributed by atoms with van der Waals surface area (Å²) in [5, 5.41) is 0. The van der Waals surface area contributed by atoms with Crippen molar-refractivity contribution in [1.29, 1.82) is 0 Å². The fraction of sp³-hybridized carbons (Fsp3) is 0.318. The molecule has 0 aliphatic carbocycles. The number of fused-ring (bicyclic) bond motifs is 1. The van der Waals surface area contributed by atoms with Crippen molar-refractivity contribution in [3.8, 4) is 0 Å². The molecule has 4 rings (SSSR count). The molecule has 1 atom stereocenters. The molecule has 1 unspecified atom stereocenters. The van der Waals surface area contributed by atoms with Crippen LogP contribution >= 0.6 is 0 Å². The number of imide groups is 1. The molecular weight excluding hydrogens is 356 g/mol. The lowest BCUT2D eigenvalue weighted by atomic mass is 10.0. The average molecular weight is 378 g/mol. The zero-order valence-electron chi connectivity index (χ0n) is 15.8. The van der Waals surface area contributed by atoms with Crippen molar-refractivity contribution < 1.29 is 19.1 Å². The Morgan fingerprint density at radius 2 is 1.86 bits per heavy atom. The van der Waals surface area contributed by atoms with Crippen molar-refractivity contribution in [1.82, 2.24) is 9.80 Å². The fourth-order valence-corrected chi connectivity index (χ4v) is 3.73. The van der Waals surface area contributed by atoms with Crippen molar-refractivity contribution in [3.05, 3.63) is 70.8 Å². The Morgan fingerprint density at radius 3 is 2.57 bits per heavy atom. The maximum atomic E-state index is 12.8. The summed E-state index contributed by atoms with van der Waals surface area (Å²) in [6.07, 6.45) is 1.70. The van der Waals surface area contributed by atoms with Gasteiger partial charge in [0.25, 0.3) is 17.7 Å². The summed E-state index contributed by atoms with van der Waals surface area (Å²) in [4.78, 5) is 41.0. The van der Waals surface area contributed by atoms with Crippen molar-refractivity contribution >= 4 is 17.7 Å². The van der Waals surface area contributed by atoms with E-state index in [2.05, 4.69) is 0 Å². The molecule has 2 heterocycles. The topological polar surface area (TPSA) is 66.9 Å². The van der Waals surface area contributed by atoms with Gasteiger partial charge < -0.3 is 9.64 Å². The first kappa shape index (κ1) is 18.4. The van der Waals surface area contributed by atoms with Crippen LogP contribution in [0.3, 0.4) is 0 Å². The molecule has 2 aliphatic rings. The van der Waals surface area contributed by atoms with E-state index in [0.717, 1.165) is 18.4 Å². The summed E-state index contributed by atoms with van der Waals surface area (Å²) in [6, 6.07) is 14.4. The first-order chi connectivity index (χ1) is 13.5. The highest BCUT2D eigenvalue weighted by molar-refractivity contribution is 6.22. The number of hydrogen-bond acceptors (Lipinski definition) is 4. The summed E-state index contributed by atoms with van der Waals surface area (Å²) in [5.74, 6) is -0.854. The number of carbonyl (C=O) groups excluding carboxylic acids is 3. The summed E-state index contributed by atoms with van der Waals surface area (Å²) >= 11 is 0. The molecule has 2 aromatic rings. The van der Waals surface area contributed by atoms with Crippen molar-refractivity contribution in [2.24, 2.45) is 0 Å². The first-order valence-corrected chi connectivity index (χ1v) is 9.46. The van der Waals surface area contributed by atoms with Gasteiger partial charge in [-0.2, -0.15) is 0 Å². The molecule has 0 bridgehead atoms. The molecule has 144 valence electrons. The highest BCUT2D eigenvalue weighted by Gasteiger charge is 2.38.